The number of halogens is 2. The van der Waals surface area contributed by atoms with Gasteiger partial charge in [-0.25, -0.2) is 8.78 Å². The molecule has 6 heteroatoms. The zero-order chi connectivity index (χ0) is 18.4. The van der Waals surface area contributed by atoms with E-state index in [4.69, 9.17) is 0 Å². The van der Waals surface area contributed by atoms with Gasteiger partial charge in [0.15, 0.2) is 0 Å². The van der Waals surface area contributed by atoms with Crippen LogP contribution in [0.15, 0.2) is 48.5 Å². The van der Waals surface area contributed by atoms with E-state index in [0.29, 0.717) is 17.5 Å². The average molecular weight is 347 g/mol. The fourth-order valence-corrected chi connectivity index (χ4v) is 2.64. The fourth-order valence-electron chi connectivity index (χ4n) is 2.64. The van der Waals surface area contributed by atoms with Gasteiger partial charge in [0.1, 0.15) is 11.6 Å². The molecule has 2 rings (SSSR count). The number of aliphatic carboxylic acids is 1. The smallest absolute Gasteiger partial charge is 0.312 e. The summed E-state index contributed by atoms with van der Waals surface area (Å²) < 4.78 is 26.0. The van der Waals surface area contributed by atoms with Crippen molar-refractivity contribution in [3.05, 3.63) is 71.3 Å². The molecular weight excluding hydrogens is 328 g/mol. The molecule has 25 heavy (non-hydrogen) atoms. The summed E-state index contributed by atoms with van der Waals surface area (Å²) in [6.45, 7) is 1.71. The Labute approximate surface area is 144 Å². The van der Waals surface area contributed by atoms with Gasteiger partial charge in [0.2, 0.25) is 5.91 Å². The van der Waals surface area contributed by atoms with Crippen LogP contribution < -0.4 is 5.32 Å². The van der Waals surface area contributed by atoms with Crippen LogP contribution in [-0.4, -0.2) is 23.5 Å². The number of carboxylic acid groups (broad SMARTS) is 1. The van der Waals surface area contributed by atoms with Gasteiger partial charge in [-0.2, -0.15) is 0 Å². The normalized spacial score (nSPS) is 13.1. The van der Waals surface area contributed by atoms with E-state index in [2.05, 4.69) is 5.32 Å². The first kappa shape index (κ1) is 18.6. The number of rotatable bonds is 7. The number of benzene rings is 2. The van der Waals surface area contributed by atoms with E-state index in [1.165, 1.54) is 48.5 Å². The average Bonchev–Trinajstić information content (AvgIpc) is 2.58. The first-order valence-corrected chi connectivity index (χ1v) is 7.93. The molecule has 2 atom stereocenters. The van der Waals surface area contributed by atoms with Gasteiger partial charge >= 0.3 is 5.97 Å². The largest absolute Gasteiger partial charge is 0.481 e. The van der Waals surface area contributed by atoms with Crippen molar-refractivity contribution in [3.63, 3.8) is 0 Å². The molecule has 0 saturated heterocycles. The lowest BCUT2D eigenvalue weighted by Crippen LogP contribution is -2.35. The van der Waals surface area contributed by atoms with E-state index in [9.17, 15) is 23.5 Å². The van der Waals surface area contributed by atoms with Crippen LogP contribution in [0.5, 0.6) is 0 Å². The predicted octanol–water partition coefficient (Wildman–Crippen LogP) is 3.44. The summed E-state index contributed by atoms with van der Waals surface area (Å²) >= 11 is 0. The van der Waals surface area contributed by atoms with Crippen LogP contribution in [-0.2, 0) is 9.59 Å². The number of carbonyl (C=O) groups is 2. The van der Waals surface area contributed by atoms with Crippen LogP contribution in [0.25, 0.3) is 0 Å². The van der Waals surface area contributed by atoms with Gasteiger partial charge in [0, 0.05) is 6.54 Å². The second-order valence-electron chi connectivity index (χ2n) is 5.70. The van der Waals surface area contributed by atoms with Crippen molar-refractivity contribution >= 4 is 11.9 Å². The van der Waals surface area contributed by atoms with E-state index < -0.39 is 23.6 Å². The van der Waals surface area contributed by atoms with Gasteiger partial charge in [-0.05, 0) is 41.8 Å². The molecule has 0 radical (unpaired) electrons. The molecule has 0 spiro atoms. The van der Waals surface area contributed by atoms with Crippen molar-refractivity contribution in [1.82, 2.24) is 5.32 Å². The summed E-state index contributed by atoms with van der Waals surface area (Å²) in [7, 11) is 0. The van der Waals surface area contributed by atoms with Crippen molar-refractivity contribution in [2.24, 2.45) is 0 Å². The van der Waals surface area contributed by atoms with Crippen LogP contribution >= 0.6 is 0 Å². The maximum atomic E-state index is 13.0. The Morgan fingerprint density at radius 2 is 1.36 bits per heavy atom. The summed E-state index contributed by atoms with van der Waals surface area (Å²) in [5.41, 5.74) is 1.07. The van der Waals surface area contributed by atoms with Crippen molar-refractivity contribution < 1.29 is 23.5 Å². The van der Waals surface area contributed by atoms with Crippen LogP contribution in [0.2, 0.25) is 0 Å². The first-order valence-electron chi connectivity index (χ1n) is 7.93. The molecule has 0 saturated carbocycles. The molecule has 132 valence electrons. The molecule has 0 fully saturated rings. The summed E-state index contributed by atoms with van der Waals surface area (Å²) in [6, 6.07) is 10.8. The Bertz CT molecular complexity index is 729. The monoisotopic (exact) mass is 347 g/mol. The standard InChI is InChI=1S/C19H19F2NO3/c1-2-16(12-3-7-14(20)8-4-12)18(23)22-11-17(19(24)25)13-5-9-15(21)10-6-13/h3-10,16-17H,2,11H2,1H3,(H,22,23)(H,24,25). The Balaban J connectivity index is 2.08. The topological polar surface area (TPSA) is 66.4 Å². The number of carboxylic acids is 1. The second-order valence-corrected chi connectivity index (χ2v) is 5.70. The lowest BCUT2D eigenvalue weighted by atomic mass is 9.94. The highest BCUT2D eigenvalue weighted by Crippen LogP contribution is 2.21. The minimum Gasteiger partial charge on any atom is -0.481 e. The second kappa shape index (κ2) is 8.37. The van der Waals surface area contributed by atoms with Gasteiger partial charge in [-0.3, -0.25) is 9.59 Å². The molecule has 0 aliphatic heterocycles. The maximum Gasteiger partial charge on any atom is 0.312 e. The molecule has 0 bridgehead atoms. The van der Waals surface area contributed by atoms with Gasteiger partial charge < -0.3 is 10.4 Å². The highest BCUT2D eigenvalue weighted by atomic mass is 19.1. The van der Waals surface area contributed by atoms with Gasteiger partial charge in [0.25, 0.3) is 0 Å². The van der Waals surface area contributed by atoms with Gasteiger partial charge in [0.05, 0.1) is 11.8 Å². The summed E-state index contributed by atoms with van der Waals surface area (Å²) in [5.74, 6) is -3.76. The summed E-state index contributed by atoms with van der Waals surface area (Å²) in [6.07, 6.45) is 0.492. The van der Waals surface area contributed by atoms with Crippen molar-refractivity contribution in [2.75, 3.05) is 6.54 Å². The Morgan fingerprint density at radius 1 is 0.920 bits per heavy atom. The van der Waals surface area contributed by atoms with E-state index in [1.54, 1.807) is 0 Å². The van der Waals surface area contributed by atoms with Gasteiger partial charge in [-0.15, -0.1) is 0 Å². The molecule has 2 N–H and O–H groups in total. The molecule has 4 nitrogen and oxygen atoms in total. The minimum atomic E-state index is -1.11. The number of hydrogen-bond donors (Lipinski definition) is 2. The quantitative estimate of drug-likeness (QED) is 0.806. The van der Waals surface area contributed by atoms with E-state index in [1.807, 2.05) is 6.92 Å². The number of carbonyl (C=O) groups excluding carboxylic acids is 1. The Kier molecular flexibility index (Phi) is 6.22. The third-order valence-corrected chi connectivity index (χ3v) is 4.05. The maximum absolute atomic E-state index is 13.0. The zero-order valence-electron chi connectivity index (χ0n) is 13.7. The van der Waals surface area contributed by atoms with Crippen molar-refractivity contribution in [2.45, 2.75) is 25.2 Å². The SMILES string of the molecule is CCC(C(=O)NCC(C(=O)O)c1ccc(F)cc1)c1ccc(F)cc1. The zero-order valence-corrected chi connectivity index (χ0v) is 13.7. The number of nitrogens with one attached hydrogen (secondary N) is 1. The van der Waals surface area contributed by atoms with Gasteiger partial charge in [-0.1, -0.05) is 31.2 Å². The summed E-state index contributed by atoms with van der Waals surface area (Å²) in [5, 5.41) is 12.0. The molecule has 2 aromatic rings. The number of hydrogen-bond acceptors (Lipinski definition) is 2. The predicted molar refractivity (Wildman–Crippen MR) is 89.2 cm³/mol. The lowest BCUT2D eigenvalue weighted by Gasteiger charge is -2.18. The third kappa shape index (κ3) is 4.86. The third-order valence-electron chi connectivity index (χ3n) is 4.05. The molecular formula is C19H19F2NO3. The molecule has 0 aromatic heterocycles. The minimum absolute atomic E-state index is 0.114. The lowest BCUT2D eigenvalue weighted by molar-refractivity contribution is -0.138. The highest BCUT2D eigenvalue weighted by Gasteiger charge is 2.24. The Morgan fingerprint density at radius 3 is 1.76 bits per heavy atom. The molecule has 2 aromatic carbocycles. The van der Waals surface area contributed by atoms with Crippen LogP contribution in [0.4, 0.5) is 8.78 Å². The Hall–Kier alpha value is -2.76. The number of amides is 1. The molecule has 2 unspecified atom stereocenters. The highest BCUT2D eigenvalue weighted by molar-refractivity contribution is 5.84. The molecule has 0 aliphatic carbocycles. The molecule has 1 amide bonds. The fraction of sp³-hybridized carbons (Fsp3) is 0.263. The first-order chi connectivity index (χ1) is 11.9. The molecule has 0 aliphatic rings. The van der Waals surface area contributed by atoms with E-state index >= 15 is 0 Å². The van der Waals surface area contributed by atoms with E-state index in [-0.39, 0.29) is 18.3 Å². The van der Waals surface area contributed by atoms with E-state index in [0.717, 1.165) is 0 Å². The van der Waals surface area contributed by atoms with Crippen LogP contribution in [0, 0.1) is 11.6 Å². The van der Waals surface area contributed by atoms with Crippen molar-refractivity contribution in [3.8, 4) is 0 Å². The van der Waals surface area contributed by atoms with Crippen molar-refractivity contribution in [1.29, 1.82) is 0 Å². The molecule has 0 heterocycles. The van der Waals surface area contributed by atoms with Crippen LogP contribution in [0.1, 0.15) is 36.3 Å². The van der Waals surface area contributed by atoms with Crippen LogP contribution in [0.3, 0.4) is 0 Å². The summed E-state index contributed by atoms with van der Waals surface area (Å²) in [4.78, 5) is 23.9.